The summed E-state index contributed by atoms with van der Waals surface area (Å²) in [5.41, 5.74) is 1.38. The van der Waals surface area contributed by atoms with Crippen LogP contribution in [0.1, 0.15) is 0 Å². The lowest BCUT2D eigenvalue weighted by Gasteiger charge is -2.09. The lowest BCUT2D eigenvalue weighted by atomic mass is 10.2. The first-order valence-corrected chi connectivity index (χ1v) is 10.0. The summed E-state index contributed by atoms with van der Waals surface area (Å²) in [5.74, 6) is 0.0919. The van der Waals surface area contributed by atoms with E-state index in [4.69, 9.17) is 23.2 Å². The molecule has 0 aliphatic heterocycles. The van der Waals surface area contributed by atoms with E-state index < -0.39 is 5.56 Å². The molecule has 0 aliphatic carbocycles. The predicted molar refractivity (Wildman–Crippen MR) is 115 cm³/mol. The average Bonchev–Trinajstić information content (AvgIpc) is 3.16. The maximum absolute atomic E-state index is 12.9. The Kier molecular flexibility index (Phi) is 4.24. The zero-order valence-corrected chi connectivity index (χ0v) is 16.8. The largest absolute Gasteiger partial charge is 0.504 e. The van der Waals surface area contributed by atoms with Gasteiger partial charge in [-0.1, -0.05) is 35.3 Å². The van der Waals surface area contributed by atoms with Crippen molar-refractivity contribution in [3.05, 3.63) is 75.4 Å². The lowest BCUT2D eigenvalue weighted by molar-refractivity contribution is 0.480. The minimum Gasteiger partial charge on any atom is -0.504 e. The number of phenolic OH excluding ortho intramolecular Hbond substituents is 1. The second-order valence-corrected chi connectivity index (χ2v) is 8.07. The van der Waals surface area contributed by atoms with Crippen LogP contribution in [0.3, 0.4) is 0 Å². The number of phenols is 1. The summed E-state index contributed by atoms with van der Waals surface area (Å²) in [4.78, 5) is 26.1. The smallest absolute Gasteiger partial charge is 0.268 e. The predicted octanol–water partition coefficient (Wildman–Crippen LogP) is 5.07. The third kappa shape index (κ3) is 2.95. The number of hydrogen-bond donors (Lipinski definition) is 1. The van der Waals surface area contributed by atoms with Gasteiger partial charge < -0.3 is 5.11 Å². The summed E-state index contributed by atoms with van der Waals surface area (Å²) in [6, 6.07) is 12.8. The van der Waals surface area contributed by atoms with E-state index in [2.05, 4.69) is 15.0 Å². The average molecular weight is 441 g/mol. The number of nitrogens with zero attached hydrogens (tertiary/aromatic N) is 4. The van der Waals surface area contributed by atoms with Gasteiger partial charge in [-0.2, -0.15) is 0 Å². The number of benzene rings is 2. The van der Waals surface area contributed by atoms with Crippen LogP contribution in [-0.4, -0.2) is 24.6 Å². The van der Waals surface area contributed by atoms with E-state index in [9.17, 15) is 9.90 Å². The maximum atomic E-state index is 12.9. The molecule has 0 fully saturated rings. The summed E-state index contributed by atoms with van der Waals surface area (Å²) in [5, 5.41) is 11.1. The molecule has 0 atom stereocenters. The highest BCUT2D eigenvalue weighted by molar-refractivity contribution is 7.21. The van der Waals surface area contributed by atoms with Crippen molar-refractivity contribution < 1.29 is 5.11 Å². The number of aromatic hydroxyl groups is 1. The third-order valence-electron chi connectivity index (χ3n) is 4.45. The van der Waals surface area contributed by atoms with Crippen molar-refractivity contribution >= 4 is 55.7 Å². The van der Waals surface area contributed by atoms with Crippen molar-refractivity contribution in [2.24, 2.45) is 0 Å². The van der Waals surface area contributed by atoms with Gasteiger partial charge in [0.05, 0.1) is 25.6 Å². The Hall–Kier alpha value is -3.00. The minimum absolute atomic E-state index is 0.0328. The fourth-order valence-electron chi connectivity index (χ4n) is 3.03. The molecule has 0 radical (unpaired) electrons. The van der Waals surface area contributed by atoms with Crippen LogP contribution in [0, 0.1) is 0 Å². The summed E-state index contributed by atoms with van der Waals surface area (Å²) in [6.07, 6.45) is 2.95. The number of fused-ring (bicyclic) bond motifs is 2. The van der Waals surface area contributed by atoms with E-state index >= 15 is 0 Å². The molecule has 142 valence electrons. The molecule has 3 heterocycles. The number of aromatic nitrogens is 4. The van der Waals surface area contributed by atoms with Gasteiger partial charge >= 0.3 is 0 Å². The van der Waals surface area contributed by atoms with E-state index in [1.165, 1.54) is 17.0 Å². The molecular weight excluding hydrogens is 431 g/mol. The molecule has 0 unspecified atom stereocenters. The number of hydrogen-bond acceptors (Lipinski definition) is 6. The van der Waals surface area contributed by atoms with E-state index in [0.717, 1.165) is 20.8 Å². The van der Waals surface area contributed by atoms with Crippen molar-refractivity contribution in [2.45, 2.75) is 0 Å². The fraction of sp³-hybridized carbons (Fsp3) is 0. The quantitative estimate of drug-likeness (QED) is 0.414. The van der Waals surface area contributed by atoms with Gasteiger partial charge in [-0.15, -0.1) is 11.3 Å². The molecule has 0 bridgehead atoms. The van der Waals surface area contributed by atoms with Gasteiger partial charge in [0.25, 0.3) is 5.56 Å². The van der Waals surface area contributed by atoms with Crippen LogP contribution >= 0.6 is 34.5 Å². The molecule has 9 heteroatoms. The summed E-state index contributed by atoms with van der Waals surface area (Å²) >= 11 is 13.6. The van der Waals surface area contributed by atoms with Crippen LogP contribution < -0.4 is 5.56 Å². The SMILES string of the molecule is O=c1c2c(Cl)cc(Cl)c(O)c2ncn1-c1ccc(-c2nc3ccccc3s2)cn1. The van der Waals surface area contributed by atoms with E-state index in [-0.39, 0.29) is 26.7 Å². The van der Waals surface area contributed by atoms with Gasteiger partial charge in [0.15, 0.2) is 5.75 Å². The second-order valence-electron chi connectivity index (χ2n) is 6.22. The highest BCUT2D eigenvalue weighted by Gasteiger charge is 2.16. The topological polar surface area (TPSA) is 80.9 Å². The molecule has 0 saturated heterocycles. The highest BCUT2D eigenvalue weighted by Crippen LogP contribution is 2.34. The first-order valence-electron chi connectivity index (χ1n) is 8.43. The summed E-state index contributed by atoms with van der Waals surface area (Å²) < 4.78 is 2.36. The van der Waals surface area contributed by atoms with Crippen molar-refractivity contribution in [1.82, 2.24) is 19.5 Å². The van der Waals surface area contributed by atoms with Crippen molar-refractivity contribution in [3.8, 4) is 22.1 Å². The molecule has 0 aliphatic rings. The first-order chi connectivity index (χ1) is 14.0. The monoisotopic (exact) mass is 440 g/mol. The Labute approximate surface area is 177 Å². The molecular formula is C20H10Cl2N4O2S. The Morgan fingerprint density at radius 3 is 2.62 bits per heavy atom. The van der Waals surface area contributed by atoms with Crippen LogP contribution in [-0.2, 0) is 0 Å². The Morgan fingerprint density at radius 2 is 1.86 bits per heavy atom. The standard InChI is InChI=1S/C20H10Cl2N4O2S/c21-11-7-12(22)18(27)17-16(11)20(28)26(9-24-17)15-6-5-10(8-23-15)19-25-13-3-1-2-4-14(13)29-19/h1-9,27H. The summed E-state index contributed by atoms with van der Waals surface area (Å²) in [6.45, 7) is 0. The van der Waals surface area contributed by atoms with Crippen LogP contribution in [0.5, 0.6) is 5.75 Å². The van der Waals surface area contributed by atoms with Gasteiger partial charge in [0.2, 0.25) is 0 Å². The summed E-state index contributed by atoms with van der Waals surface area (Å²) in [7, 11) is 0. The van der Waals surface area contributed by atoms with E-state index in [1.54, 1.807) is 23.6 Å². The van der Waals surface area contributed by atoms with Crippen LogP contribution in [0.2, 0.25) is 10.0 Å². The minimum atomic E-state index is -0.452. The Balaban J connectivity index is 1.60. The lowest BCUT2D eigenvalue weighted by Crippen LogP contribution is -2.20. The van der Waals surface area contributed by atoms with Crippen molar-refractivity contribution in [3.63, 3.8) is 0 Å². The van der Waals surface area contributed by atoms with Gasteiger partial charge in [-0.05, 0) is 30.3 Å². The highest BCUT2D eigenvalue weighted by atomic mass is 35.5. The molecule has 5 rings (SSSR count). The Morgan fingerprint density at radius 1 is 1.03 bits per heavy atom. The van der Waals surface area contributed by atoms with Gasteiger partial charge in [0.1, 0.15) is 22.7 Å². The molecule has 0 saturated carbocycles. The zero-order valence-electron chi connectivity index (χ0n) is 14.5. The maximum Gasteiger partial charge on any atom is 0.268 e. The molecule has 5 aromatic rings. The number of pyridine rings is 1. The Bertz CT molecular complexity index is 1430. The first kappa shape index (κ1) is 18.1. The molecule has 0 amide bonds. The second kappa shape index (κ2) is 6.81. The van der Waals surface area contributed by atoms with Crippen molar-refractivity contribution in [1.29, 1.82) is 0 Å². The van der Waals surface area contributed by atoms with Crippen LogP contribution in [0.4, 0.5) is 0 Å². The number of halogens is 2. The van der Waals surface area contributed by atoms with Crippen LogP contribution in [0.25, 0.3) is 37.5 Å². The molecule has 1 N–H and O–H groups in total. The van der Waals surface area contributed by atoms with E-state index in [0.29, 0.717) is 5.82 Å². The van der Waals surface area contributed by atoms with Crippen molar-refractivity contribution in [2.75, 3.05) is 0 Å². The molecule has 29 heavy (non-hydrogen) atoms. The molecule has 2 aromatic carbocycles. The van der Waals surface area contributed by atoms with Gasteiger partial charge in [-0.3, -0.25) is 9.36 Å². The molecule has 3 aromatic heterocycles. The molecule has 0 spiro atoms. The fourth-order valence-corrected chi connectivity index (χ4v) is 4.52. The number of para-hydroxylation sites is 1. The number of thiazole rings is 1. The van der Waals surface area contributed by atoms with E-state index in [1.807, 2.05) is 30.3 Å². The molecule has 6 nitrogen and oxygen atoms in total. The number of rotatable bonds is 2. The zero-order chi connectivity index (χ0) is 20.1. The normalized spacial score (nSPS) is 11.4. The van der Waals surface area contributed by atoms with Gasteiger partial charge in [0, 0.05) is 11.8 Å². The third-order valence-corrected chi connectivity index (χ3v) is 6.12. The van der Waals surface area contributed by atoms with Crippen LogP contribution in [0.15, 0.2) is 59.8 Å². The van der Waals surface area contributed by atoms with Gasteiger partial charge in [-0.25, -0.2) is 15.0 Å².